The molecule has 0 fully saturated rings. The molecular weight excluding hydrogens is 719 g/mol. The van der Waals surface area contributed by atoms with Gasteiger partial charge in [-0.25, -0.2) is 0 Å². The number of hydrogen-bond donors (Lipinski definition) is 0. The van der Waals surface area contributed by atoms with Gasteiger partial charge in [-0.05, 0) is 87.6 Å². The minimum Gasteiger partial charge on any atom is -0.455 e. The molecule has 0 unspecified atom stereocenters. The minimum absolute atomic E-state index is 0.884. The van der Waals surface area contributed by atoms with Crippen molar-refractivity contribution in [3.63, 3.8) is 0 Å². The summed E-state index contributed by atoms with van der Waals surface area (Å²) in [6.45, 7) is 0. The highest BCUT2D eigenvalue weighted by molar-refractivity contribution is 6.12. The summed E-state index contributed by atoms with van der Waals surface area (Å²) in [5, 5.41) is 9.25. The van der Waals surface area contributed by atoms with Crippen molar-refractivity contribution in [2.24, 2.45) is 0 Å². The highest BCUT2D eigenvalue weighted by Crippen LogP contribution is 2.45. The molecule has 3 nitrogen and oxygen atoms in total. The average Bonchev–Trinajstić information content (AvgIpc) is 3.88. The summed E-state index contributed by atoms with van der Waals surface area (Å²) in [6, 6.07) is 75.8. The third-order valence-corrected chi connectivity index (χ3v) is 11.8. The van der Waals surface area contributed by atoms with Crippen LogP contribution in [0.4, 0.5) is 17.1 Å². The molecule has 3 heteroatoms. The standard InChI is InChI=1S/C56H35NO2/c1-3-17-43-37(13-1)15-9-25-51(43)57(52-26-10-16-38-14-2-4-18-44(38)52)42-31-29-36(30-32-42)39-33-40(45-21-11-23-49-47-19-5-7-27-53(47)58-55(45)49)35-41(34-39)46-22-12-24-50-48-20-6-8-28-54(48)59-56(46)50/h1-35H. The second-order valence-electron chi connectivity index (χ2n) is 15.2. The first-order chi connectivity index (χ1) is 29.2. The van der Waals surface area contributed by atoms with E-state index in [9.17, 15) is 0 Å². The van der Waals surface area contributed by atoms with Crippen molar-refractivity contribution in [2.45, 2.75) is 0 Å². The third kappa shape index (κ3) is 5.44. The number of para-hydroxylation sites is 4. The maximum absolute atomic E-state index is 6.60. The third-order valence-electron chi connectivity index (χ3n) is 11.8. The molecule has 10 aromatic carbocycles. The lowest BCUT2D eigenvalue weighted by atomic mass is 9.92. The predicted molar refractivity (Wildman–Crippen MR) is 247 cm³/mol. The quantitative estimate of drug-likeness (QED) is 0.169. The van der Waals surface area contributed by atoms with Gasteiger partial charge in [0.15, 0.2) is 0 Å². The molecule has 59 heavy (non-hydrogen) atoms. The topological polar surface area (TPSA) is 29.5 Å². The van der Waals surface area contributed by atoms with Crippen LogP contribution in [0, 0.1) is 0 Å². The van der Waals surface area contributed by atoms with E-state index in [0.717, 1.165) is 94.3 Å². The van der Waals surface area contributed by atoms with Crippen LogP contribution in [-0.2, 0) is 0 Å². The molecule has 276 valence electrons. The summed E-state index contributed by atoms with van der Waals surface area (Å²) in [6.07, 6.45) is 0. The van der Waals surface area contributed by atoms with E-state index in [2.05, 4.69) is 193 Å². The molecule has 0 atom stereocenters. The highest BCUT2D eigenvalue weighted by atomic mass is 16.3. The molecule has 0 aliphatic rings. The van der Waals surface area contributed by atoms with Gasteiger partial charge in [-0.1, -0.05) is 158 Å². The molecule has 0 amide bonds. The lowest BCUT2D eigenvalue weighted by molar-refractivity contribution is 0.670. The van der Waals surface area contributed by atoms with Crippen LogP contribution in [0.3, 0.4) is 0 Å². The zero-order valence-electron chi connectivity index (χ0n) is 32.0. The number of benzene rings is 10. The molecule has 2 aromatic heterocycles. The van der Waals surface area contributed by atoms with Crippen LogP contribution >= 0.6 is 0 Å². The first kappa shape index (κ1) is 33.3. The number of nitrogens with zero attached hydrogens (tertiary/aromatic N) is 1. The molecule has 0 saturated carbocycles. The minimum atomic E-state index is 0.884. The largest absolute Gasteiger partial charge is 0.455 e. The SMILES string of the molecule is c1ccc2c(N(c3ccc(-c4cc(-c5cccc6c5oc5ccccc56)cc(-c5cccc6c5oc5ccccc56)c4)cc3)c3cccc4ccccc34)cccc2c1. The summed E-state index contributed by atoms with van der Waals surface area (Å²) in [5.74, 6) is 0. The highest BCUT2D eigenvalue weighted by Gasteiger charge is 2.20. The Kier molecular flexibility index (Phi) is 7.54. The first-order valence-corrected chi connectivity index (χ1v) is 20.1. The number of rotatable bonds is 6. The Balaban J connectivity index is 1.06. The van der Waals surface area contributed by atoms with Gasteiger partial charge in [0.05, 0.1) is 11.4 Å². The van der Waals surface area contributed by atoms with E-state index in [4.69, 9.17) is 8.83 Å². The summed E-state index contributed by atoms with van der Waals surface area (Å²) in [7, 11) is 0. The molecule has 0 N–H and O–H groups in total. The maximum Gasteiger partial charge on any atom is 0.143 e. The van der Waals surface area contributed by atoms with Gasteiger partial charge in [-0.15, -0.1) is 0 Å². The van der Waals surface area contributed by atoms with Crippen molar-refractivity contribution in [3.8, 4) is 33.4 Å². The molecule has 0 spiro atoms. The van der Waals surface area contributed by atoms with Crippen molar-refractivity contribution in [1.82, 2.24) is 0 Å². The fourth-order valence-corrected chi connectivity index (χ4v) is 9.07. The van der Waals surface area contributed by atoms with Gasteiger partial charge in [0, 0.05) is 49.1 Å². The van der Waals surface area contributed by atoms with E-state index in [1.165, 1.54) is 21.5 Å². The van der Waals surface area contributed by atoms with Crippen molar-refractivity contribution >= 4 is 82.5 Å². The van der Waals surface area contributed by atoms with Gasteiger partial charge in [-0.3, -0.25) is 0 Å². The Morgan fingerprint density at radius 3 is 1.22 bits per heavy atom. The number of fused-ring (bicyclic) bond motifs is 8. The molecule has 0 saturated heterocycles. The normalized spacial score (nSPS) is 11.7. The van der Waals surface area contributed by atoms with E-state index in [1.807, 2.05) is 24.3 Å². The fourth-order valence-electron chi connectivity index (χ4n) is 9.07. The van der Waals surface area contributed by atoms with Crippen LogP contribution in [-0.4, -0.2) is 0 Å². The molecule has 0 radical (unpaired) electrons. The lowest BCUT2D eigenvalue weighted by Gasteiger charge is -2.28. The molecule has 0 bridgehead atoms. The Morgan fingerprint density at radius 1 is 0.288 bits per heavy atom. The van der Waals surface area contributed by atoms with Gasteiger partial charge >= 0.3 is 0 Å². The van der Waals surface area contributed by atoms with E-state index >= 15 is 0 Å². The number of anilines is 3. The summed E-state index contributed by atoms with van der Waals surface area (Å²) in [5.41, 5.74) is 13.4. The molecular formula is C56H35NO2. The van der Waals surface area contributed by atoms with Crippen LogP contribution in [0.1, 0.15) is 0 Å². The Morgan fingerprint density at radius 2 is 0.695 bits per heavy atom. The van der Waals surface area contributed by atoms with Crippen molar-refractivity contribution in [3.05, 3.63) is 212 Å². The second-order valence-corrected chi connectivity index (χ2v) is 15.2. The van der Waals surface area contributed by atoms with Gasteiger partial charge in [-0.2, -0.15) is 0 Å². The van der Waals surface area contributed by atoms with Crippen LogP contribution in [0.5, 0.6) is 0 Å². The zero-order valence-corrected chi connectivity index (χ0v) is 32.0. The van der Waals surface area contributed by atoms with Crippen molar-refractivity contribution < 1.29 is 8.83 Å². The summed E-state index contributed by atoms with van der Waals surface area (Å²) < 4.78 is 13.2. The Bertz CT molecular complexity index is 3350. The Hall–Kier alpha value is -7.88. The molecule has 0 aliphatic carbocycles. The molecule has 12 rings (SSSR count). The number of furan rings is 2. The molecule has 2 heterocycles. The van der Waals surface area contributed by atoms with E-state index in [1.54, 1.807) is 0 Å². The van der Waals surface area contributed by atoms with Gasteiger partial charge < -0.3 is 13.7 Å². The molecule has 12 aromatic rings. The maximum atomic E-state index is 6.60. The van der Waals surface area contributed by atoms with Crippen LogP contribution < -0.4 is 4.90 Å². The van der Waals surface area contributed by atoms with Gasteiger partial charge in [0.2, 0.25) is 0 Å². The average molecular weight is 754 g/mol. The predicted octanol–water partition coefficient (Wildman–Crippen LogP) is 16.3. The van der Waals surface area contributed by atoms with Crippen molar-refractivity contribution in [2.75, 3.05) is 4.90 Å². The van der Waals surface area contributed by atoms with Crippen LogP contribution in [0.25, 0.3) is 98.8 Å². The van der Waals surface area contributed by atoms with E-state index < -0.39 is 0 Å². The lowest BCUT2D eigenvalue weighted by Crippen LogP contribution is -2.11. The van der Waals surface area contributed by atoms with Crippen molar-refractivity contribution in [1.29, 1.82) is 0 Å². The van der Waals surface area contributed by atoms with Crippen LogP contribution in [0.15, 0.2) is 221 Å². The van der Waals surface area contributed by atoms with Crippen LogP contribution in [0.2, 0.25) is 0 Å². The van der Waals surface area contributed by atoms with Gasteiger partial charge in [0.25, 0.3) is 0 Å². The fraction of sp³-hybridized carbons (Fsp3) is 0. The zero-order chi connectivity index (χ0) is 38.9. The van der Waals surface area contributed by atoms with E-state index in [0.29, 0.717) is 0 Å². The monoisotopic (exact) mass is 753 g/mol. The smallest absolute Gasteiger partial charge is 0.143 e. The Labute approximate surface area is 340 Å². The second kappa shape index (κ2) is 13.4. The summed E-state index contributed by atoms with van der Waals surface area (Å²) in [4.78, 5) is 2.40. The molecule has 0 aliphatic heterocycles. The van der Waals surface area contributed by atoms with E-state index in [-0.39, 0.29) is 0 Å². The first-order valence-electron chi connectivity index (χ1n) is 20.1. The summed E-state index contributed by atoms with van der Waals surface area (Å²) >= 11 is 0. The number of hydrogen-bond acceptors (Lipinski definition) is 3. The van der Waals surface area contributed by atoms with Gasteiger partial charge in [0.1, 0.15) is 22.3 Å².